The number of esters is 1. The highest BCUT2D eigenvalue weighted by Crippen LogP contribution is 2.20. The van der Waals surface area contributed by atoms with Crippen molar-refractivity contribution in [3.8, 4) is 0 Å². The molecule has 0 aliphatic heterocycles. The molecule has 0 aliphatic carbocycles. The normalized spacial score (nSPS) is 10.4. The lowest BCUT2D eigenvalue weighted by Gasteiger charge is -2.11. The van der Waals surface area contributed by atoms with Gasteiger partial charge >= 0.3 is 5.97 Å². The van der Waals surface area contributed by atoms with Gasteiger partial charge in [0.1, 0.15) is 0 Å². The highest BCUT2D eigenvalue weighted by molar-refractivity contribution is 5.92. The van der Waals surface area contributed by atoms with Gasteiger partial charge in [0.05, 0.1) is 18.9 Å². The number of aryl methyl sites for hydroxylation is 1. The number of ether oxygens (including phenoxy) is 1. The van der Waals surface area contributed by atoms with Crippen molar-refractivity contribution in [2.45, 2.75) is 33.4 Å². The highest BCUT2D eigenvalue weighted by atomic mass is 16.5. The van der Waals surface area contributed by atoms with E-state index in [2.05, 4.69) is 17.3 Å². The molecule has 0 atom stereocenters. The van der Waals surface area contributed by atoms with Crippen LogP contribution in [-0.2, 0) is 17.8 Å². The Morgan fingerprint density at radius 2 is 2.24 bits per heavy atom. The first-order chi connectivity index (χ1) is 10.2. The summed E-state index contributed by atoms with van der Waals surface area (Å²) in [5.41, 5.74) is 3.53. The van der Waals surface area contributed by atoms with Gasteiger partial charge in [-0.25, -0.2) is 4.79 Å². The van der Waals surface area contributed by atoms with E-state index >= 15 is 0 Å². The predicted molar refractivity (Wildman–Crippen MR) is 82.4 cm³/mol. The van der Waals surface area contributed by atoms with E-state index in [4.69, 9.17) is 4.74 Å². The van der Waals surface area contributed by atoms with Crippen LogP contribution in [0.1, 0.15) is 34.8 Å². The zero-order valence-corrected chi connectivity index (χ0v) is 12.7. The van der Waals surface area contributed by atoms with Crippen LogP contribution in [0.25, 0.3) is 0 Å². The third-order valence-corrected chi connectivity index (χ3v) is 3.36. The molecule has 0 spiro atoms. The van der Waals surface area contributed by atoms with Crippen LogP contribution in [0.5, 0.6) is 0 Å². The zero-order chi connectivity index (χ0) is 15.2. The molecule has 5 heteroatoms. The van der Waals surface area contributed by atoms with Gasteiger partial charge in [-0.3, -0.25) is 4.68 Å². The summed E-state index contributed by atoms with van der Waals surface area (Å²) in [5, 5.41) is 7.65. The van der Waals surface area contributed by atoms with Gasteiger partial charge in [-0.1, -0.05) is 13.0 Å². The molecule has 0 unspecified atom stereocenters. The first-order valence-electron chi connectivity index (χ1n) is 7.08. The van der Waals surface area contributed by atoms with Gasteiger partial charge in [-0.05, 0) is 31.0 Å². The monoisotopic (exact) mass is 287 g/mol. The Hall–Kier alpha value is -2.30. The van der Waals surface area contributed by atoms with Crippen molar-refractivity contribution >= 4 is 11.7 Å². The molecule has 0 saturated carbocycles. The molecule has 1 aromatic heterocycles. The first-order valence-corrected chi connectivity index (χ1v) is 7.08. The Labute approximate surface area is 124 Å². The standard InChI is InChI=1S/C16H21N3O2/c1-4-8-19-11-13(10-18-19)9-17-15-7-5-6-14(12(15)2)16(20)21-3/h5-7,10-11,17H,4,8-9H2,1-3H3. The number of benzene rings is 1. The smallest absolute Gasteiger partial charge is 0.338 e. The van der Waals surface area contributed by atoms with Crippen LogP contribution in [0.2, 0.25) is 0 Å². The number of aromatic nitrogens is 2. The van der Waals surface area contributed by atoms with Crippen LogP contribution >= 0.6 is 0 Å². The molecule has 112 valence electrons. The Bertz CT molecular complexity index is 620. The van der Waals surface area contributed by atoms with E-state index in [0.717, 1.165) is 29.8 Å². The maximum absolute atomic E-state index is 11.7. The molecule has 1 aromatic carbocycles. The second-order valence-corrected chi connectivity index (χ2v) is 4.93. The Balaban J connectivity index is 2.07. The van der Waals surface area contributed by atoms with E-state index < -0.39 is 0 Å². The average molecular weight is 287 g/mol. The van der Waals surface area contributed by atoms with E-state index in [9.17, 15) is 4.79 Å². The number of carbonyl (C=O) groups is 1. The summed E-state index contributed by atoms with van der Waals surface area (Å²) in [5.74, 6) is -0.313. The first kappa shape index (κ1) is 15.1. The number of hydrogen-bond donors (Lipinski definition) is 1. The molecule has 1 N–H and O–H groups in total. The number of nitrogens with one attached hydrogen (secondary N) is 1. The van der Waals surface area contributed by atoms with Crippen LogP contribution in [-0.4, -0.2) is 22.9 Å². The van der Waals surface area contributed by atoms with E-state index in [-0.39, 0.29) is 5.97 Å². The molecular weight excluding hydrogens is 266 g/mol. The van der Waals surface area contributed by atoms with E-state index in [1.54, 1.807) is 6.07 Å². The third-order valence-electron chi connectivity index (χ3n) is 3.36. The van der Waals surface area contributed by atoms with Crippen molar-refractivity contribution < 1.29 is 9.53 Å². The van der Waals surface area contributed by atoms with Gasteiger partial charge in [0.15, 0.2) is 0 Å². The summed E-state index contributed by atoms with van der Waals surface area (Å²) < 4.78 is 6.72. The number of hydrogen-bond acceptors (Lipinski definition) is 4. The van der Waals surface area contributed by atoms with Gasteiger partial charge in [0, 0.05) is 30.5 Å². The van der Waals surface area contributed by atoms with Crippen molar-refractivity contribution in [3.63, 3.8) is 0 Å². The maximum Gasteiger partial charge on any atom is 0.338 e. The minimum absolute atomic E-state index is 0.313. The van der Waals surface area contributed by atoms with Gasteiger partial charge in [-0.2, -0.15) is 5.10 Å². The lowest BCUT2D eigenvalue weighted by atomic mass is 10.1. The van der Waals surface area contributed by atoms with E-state index in [1.807, 2.05) is 36.1 Å². The minimum atomic E-state index is -0.313. The molecule has 0 saturated heterocycles. The van der Waals surface area contributed by atoms with E-state index in [0.29, 0.717) is 12.1 Å². The van der Waals surface area contributed by atoms with Gasteiger partial charge < -0.3 is 10.1 Å². The Morgan fingerprint density at radius 1 is 1.43 bits per heavy atom. The topological polar surface area (TPSA) is 56.2 Å². The third kappa shape index (κ3) is 3.62. The molecule has 21 heavy (non-hydrogen) atoms. The molecule has 0 radical (unpaired) electrons. The number of carbonyl (C=O) groups excluding carboxylic acids is 1. The molecule has 5 nitrogen and oxygen atoms in total. The number of rotatable bonds is 6. The van der Waals surface area contributed by atoms with Crippen LogP contribution in [0.15, 0.2) is 30.6 Å². The number of methoxy groups -OCH3 is 1. The summed E-state index contributed by atoms with van der Waals surface area (Å²) in [4.78, 5) is 11.7. The van der Waals surface area contributed by atoms with Crippen molar-refractivity contribution in [2.75, 3.05) is 12.4 Å². The largest absolute Gasteiger partial charge is 0.465 e. The van der Waals surface area contributed by atoms with Gasteiger partial charge in [-0.15, -0.1) is 0 Å². The Kier molecular flexibility index (Phi) is 4.98. The van der Waals surface area contributed by atoms with E-state index in [1.165, 1.54) is 7.11 Å². The summed E-state index contributed by atoms with van der Waals surface area (Å²) in [6, 6.07) is 5.58. The molecule has 2 aromatic rings. The SMILES string of the molecule is CCCn1cc(CNc2cccc(C(=O)OC)c2C)cn1. The zero-order valence-electron chi connectivity index (χ0n) is 12.7. The average Bonchev–Trinajstić information content (AvgIpc) is 2.93. The molecule has 0 aliphatic rings. The molecule has 0 amide bonds. The second-order valence-electron chi connectivity index (χ2n) is 4.93. The minimum Gasteiger partial charge on any atom is -0.465 e. The van der Waals surface area contributed by atoms with Crippen LogP contribution in [0, 0.1) is 6.92 Å². The summed E-state index contributed by atoms with van der Waals surface area (Å²) in [6.45, 7) is 5.64. The van der Waals surface area contributed by atoms with Crippen molar-refractivity contribution in [1.82, 2.24) is 9.78 Å². The molecule has 0 bridgehead atoms. The molecular formula is C16H21N3O2. The fourth-order valence-corrected chi connectivity index (χ4v) is 2.20. The van der Waals surface area contributed by atoms with Crippen LogP contribution in [0.3, 0.4) is 0 Å². The van der Waals surface area contributed by atoms with Crippen molar-refractivity contribution in [1.29, 1.82) is 0 Å². The molecule has 2 rings (SSSR count). The number of anilines is 1. The van der Waals surface area contributed by atoms with Gasteiger partial charge in [0.2, 0.25) is 0 Å². The molecule has 1 heterocycles. The van der Waals surface area contributed by atoms with Gasteiger partial charge in [0.25, 0.3) is 0 Å². The second kappa shape index (κ2) is 6.92. The number of nitrogens with zero attached hydrogens (tertiary/aromatic N) is 2. The molecule has 0 fully saturated rings. The fourth-order valence-electron chi connectivity index (χ4n) is 2.20. The van der Waals surface area contributed by atoms with Crippen molar-refractivity contribution in [2.24, 2.45) is 0 Å². The van der Waals surface area contributed by atoms with Crippen molar-refractivity contribution in [3.05, 3.63) is 47.3 Å². The maximum atomic E-state index is 11.7. The lowest BCUT2D eigenvalue weighted by molar-refractivity contribution is 0.0600. The van der Waals surface area contributed by atoms with Crippen LogP contribution < -0.4 is 5.32 Å². The lowest BCUT2D eigenvalue weighted by Crippen LogP contribution is -2.07. The quantitative estimate of drug-likeness (QED) is 0.830. The summed E-state index contributed by atoms with van der Waals surface area (Å²) in [7, 11) is 1.39. The summed E-state index contributed by atoms with van der Waals surface area (Å²) in [6.07, 6.45) is 4.97. The Morgan fingerprint density at radius 3 is 2.95 bits per heavy atom. The highest BCUT2D eigenvalue weighted by Gasteiger charge is 2.11. The fraction of sp³-hybridized carbons (Fsp3) is 0.375. The van der Waals surface area contributed by atoms with Crippen LogP contribution in [0.4, 0.5) is 5.69 Å². The summed E-state index contributed by atoms with van der Waals surface area (Å²) >= 11 is 0. The predicted octanol–water partition coefficient (Wildman–Crippen LogP) is 3.00.